The van der Waals surface area contributed by atoms with Gasteiger partial charge in [0.15, 0.2) is 0 Å². The SMILES string of the molecule is CC(C)Oc1ccc(N(C)C(=O)[C@H](Cc2cc(F)cc(F)c2)NC(=O)OC(C)(C)C)cn1.S. The van der Waals surface area contributed by atoms with E-state index in [2.05, 4.69) is 10.3 Å². The number of rotatable bonds is 7. The van der Waals surface area contributed by atoms with Gasteiger partial charge in [-0.15, -0.1) is 0 Å². The smallest absolute Gasteiger partial charge is 0.408 e. The molecule has 1 N–H and O–H groups in total. The zero-order valence-electron chi connectivity index (χ0n) is 19.6. The number of hydrogen-bond donors (Lipinski definition) is 1. The maximum Gasteiger partial charge on any atom is 0.408 e. The van der Waals surface area contributed by atoms with Crippen molar-refractivity contribution in [1.82, 2.24) is 10.3 Å². The van der Waals surface area contributed by atoms with Gasteiger partial charge in [-0.05, 0) is 58.4 Å². The summed E-state index contributed by atoms with van der Waals surface area (Å²) in [6, 6.07) is 5.09. The molecule has 7 nitrogen and oxygen atoms in total. The fourth-order valence-corrected chi connectivity index (χ4v) is 2.86. The third-order valence-electron chi connectivity index (χ3n) is 4.15. The number of pyridine rings is 1. The summed E-state index contributed by atoms with van der Waals surface area (Å²) >= 11 is 0. The van der Waals surface area contributed by atoms with Gasteiger partial charge in [-0.25, -0.2) is 18.6 Å². The van der Waals surface area contributed by atoms with Crippen LogP contribution >= 0.6 is 13.5 Å². The second-order valence-electron chi connectivity index (χ2n) is 8.60. The van der Waals surface area contributed by atoms with Crippen LogP contribution in [0.5, 0.6) is 5.88 Å². The van der Waals surface area contributed by atoms with Gasteiger partial charge >= 0.3 is 6.09 Å². The van der Waals surface area contributed by atoms with Gasteiger partial charge in [0, 0.05) is 25.6 Å². The van der Waals surface area contributed by atoms with Crippen molar-refractivity contribution in [3.8, 4) is 5.88 Å². The van der Waals surface area contributed by atoms with Crippen molar-refractivity contribution in [3.05, 3.63) is 53.7 Å². The standard InChI is InChI=1S/C23H29F2N3O4.H2S/c1-14(2)31-20-8-7-18(13-26-20)28(6)21(29)19(27-22(30)32-23(3,4)5)11-15-9-16(24)12-17(25)10-15;/h7-10,12-14,19H,11H2,1-6H3,(H,27,30);1H2/t19-;/m0./s1. The second kappa shape index (κ2) is 11.8. The monoisotopic (exact) mass is 483 g/mol. The van der Waals surface area contributed by atoms with Crippen LogP contribution in [0.3, 0.4) is 0 Å². The lowest BCUT2D eigenvalue weighted by Gasteiger charge is -2.26. The fraction of sp³-hybridized carbons (Fsp3) is 0.435. The summed E-state index contributed by atoms with van der Waals surface area (Å²) in [5.41, 5.74) is -0.123. The maximum absolute atomic E-state index is 13.6. The van der Waals surface area contributed by atoms with E-state index in [1.807, 2.05) is 13.8 Å². The van der Waals surface area contributed by atoms with Gasteiger partial charge < -0.3 is 19.7 Å². The number of anilines is 1. The number of carbonyl (C=O) groups is 2. The topological polar surface area (TPSA) is 80.8 Å². The molecule has 0 unspecified atom stereocenters. The minimum absolute atomic E-state index is 0. The van der Waals surface area contributed by atoms with Crippen molar-refractivity contribution < 1.29 is 27.8 Å². The number of benzene rings is 1. The van der Waals surface area contributed by atoms with E-state index < -0.39 is 35.3 Å². The van der Waals surface area contributed by atoms with Gasteiger partial charge in [-0.2, -0.15) is 13.5 Å². The Morgan fingerprint density at radius 2 is 1.73 bits per heavy atom. The molecule has 2 rings (SSSR count). The molecule has 0 aliphatic rings. The number of amides is 2. The summed E-state index contributed by atoms with van der Waals surface area (Å²) in [6.07, 6.45) is 0.447. The van der Waals surface area contributed by atoms with Gasteiger partial charge in [-0.3, -0.25) is 4.79 Å². The first-order chi connectivity index (χ1) is 14.8. The van der Waals surface area contributed by atoms with Crippen LogP contribution in [0.15, 0.2) is 36.5 Å². The Bertz CT molecular complexity index is 929. The van der Waals surface area contributed by atoms with Crippen LogP contribution in [-0.2, 0) is 16.0 Å². The minimum Gasteiger partial charge on any atom is -0.475 e. The molecule has 1 heterocycles. The number of nitrogens with zero attached hydrogens (tertiary/aromatic N) is 2. The van der Waals surface area contributed by atoms with Gasteiger partial charge in [0.2, 0.25) is 11.8 Å². The first-order valence-corrected chi connectivity index (χ1v) is 10.2. The average Bonchev–Trinajstić information content (AvgIpc) is 2.64. The number of likely N-dealkylation sites (N-methyl/N-ethyl adjacent to an activating group) is 1. The number of halogens is 2. The molecule has 1 aromatic heterocycles. The van der Waals surface area contributed by atoms with E-state index in [9.17, 15) is 18.4 Å². The highest BCUT2D eigenvalue weighted by atomic mass is 32.1. The molecule has 33 heavy (non-hydrogen) atoms. The summed E-state index contributed by atoms with van der Waals surface area (Å²) in [4.78, 5) is 31.0. The lowest BCUT2D eigenvalue weighted by molar-refractivity contribution is -0.120. The van der Waals surface area contributed by atoms with Crippen LogP contribution in [-0.4, -0.2) is 41.8 Å². The van der Waals surface area contributed by atoms with E-state index in [-0.39, 0.29) is 31.6 Å². The van der Waals surface area contributed by atoms with Gasteiger partial charge in [0.25, 0.3) is 0 Å². The van der Waals surface area contributed by atoms with Crippen LogP contribution < -0.4 is 15.0 Å². The first-order valence-electron chi connectivity index (χ1n) is 10.2. The molecule has 2 aromatic rings. The highest BCUT2D eigenvalue weighted by Gasteiger charge is 2.28. The van der Waals surface area contributed by atoms with Crippen LogP contribution in [0.25, 0.3) is 0 Å². The molecule has 0 radical (unpaired) electrons. The molecular weight excluding hydrogens is 452 g/mol. The van der Waals surface area contributed by atoms with Crippen LogP contribution in [0.2, 0.25) is 0 Å². The van der Waals surface area contributed by atoms with E-state index in [4.69, 9.17) is 9.47 Å². The van der Waals surface area contributed by atoms with E-state index in [0.29, 0.717) is 11.6 Å². The van der Waals surface area contributed by atoms with Gasteiger partial charge in [-0.1, -0.05) is 0 Å². The maximum atomic E-state index is 13.6. The third kappa shape index (κ3) is 9.25. The molecule has 1 aromatic carbocycles. The summed E-state index contributed by atoms with van der Waals surface area (Å²) in [7, 11) is 1.51. The Hall–Kier alpha value is -2.88. The number of nitrogens with one attached hydrogen (secondary N) is 1. The first kappa shape index (κ1) is 28.2. The van der Waals surface area contributed by atoms with Gasteiger partial charge in [0.05, 0.1) is 18.0 Å². The summed E-state index contributed by atoms with van der Waals surface area (Å²) < 4.78 is 38.0. The molecule has 1 atom stereocenters. The quantitative estimate of drug-likeness (QED) is 0.633. The van der Waals surface area contributed by atoms with Crippen molar-refractivity contribution in [3.63, 3.8) is 0 Å². The normalized spacial score (nSPS) is 11.9. The predicted molar refractivity (Wildman–Crippen MR) is 127 cm³/mol. The number of ether oxygens (including phenoxy) is 2. The molecule has 0 spiro atoms. The molecule has 2 amide bonds. The van der Waals surface area contributed by atoms with E-state index in [1.54, 1.807) is 32.9 Å². The lowest BCUT2D eigenvalue weighted by atomic mass is 10.0. The molecule has 182 valence electrons. The predicted octanol–water partition coefficient (Wildman–Crippen LogP) is 4.36. The Labute approximate surface area is 199 Å². The van der Waals surface area contributed by atoms with E-state index in [1.165, 1.54) is 18.1 Å². The Morgan fingerprint density at radius 1 is 1.12 bits per heavy atom. The molecule has 0 aliphatic heterocycles. The Kier molecular flexibility index (Phi) is 10.1. The highest BCUT2D eigenvalue weighted by Crippen LogP contribution is 2.19. The number of alkyl carbamates (subject to hydrolysis) is 1. The third-order valence-corrected chi connectivity index (χ3v) is 4.15. The number of hydrogen-bond acceptors (Lipinski definition) is 5. The van der Waals surface area contributed by atoms with Crippen molar-refractivity contribution in [2.45, 2.75) is 58.8 Å². The summed E-state index contributed by atoms with van der Waals surface area (Å²) in [5, 5.41) is 2.51. The Morgan fingerprint density at radius 3 is 2.21 bits per heavy atom. The largest absolute Gasteiger partial charge is 0.475 e. The lowest BCUT2D eigenvalue weighted by Crippen LogP contribution is -2.50. The van der Waals surface area contributed by atoms with Crippen molar-refractivity contribution >= 4 is 31.2 Å². The highest BCUT2D eigenvalue weighted by molar-refractivity contribution is 7.59. The molecular formula is C23H31F2N3O4S. The minimum atomic E-state index is -1.14. The average molecular weight is 484 g/mol. The summed E-state index contributed by atoms with van der Waals surface area (Å²) in [6.45, 7) is 8.79. The van der Waals surface area contributed by atoms with Crippen LogP contribution in [0, 0.1) is 11.6 Å². The molecule has 0 saturated heterocycles. The summed E-state index contributed by atoms with van der Waals surface area (Å²) in [5.74, 6) is -1.66. The molecule has 0 fully saturated rings. The molecule has 0 saturated carbocycles. The number of carbonyl (C=O) groups excluding carboxylic acids is 2. The van der Waals surface area contributed by atoms with Crippen molar-refractivity contribution in [1.29, 1.82) is 0 Å². The van der Waals surface area contributed by atoms with Gasteiger partial charge in [0.1, 0.15) is 23.3 Å². The molecule has 0 bridgehead atoms. The van der Waals surface area contributed by atoms with Crippen LogP contribution in [0.4, 0.5) is 19.3 Å². The van der Waals surface area contributed by atoms with Crippen molar-refractivity contribution in [2.75, 3.05) is 11.9 Å². The second-order valence-corrected chi connectivity index (χ2v) is 8.60. The Balaban J connectivity index is 0.00000544. The molecule has 0 aliphatic carbocycles. The number of aromatic nitrogens is 1. The zero-order valence-corrected chi connectivity index (χ0v) is 20.6. The van der Waals surface area contributed by atoms with E-state index in [0.717, 1.165) is 18.2 Å². The van der Waals surface area contributed by atoms with E-state index >= 15 is 0 Å². The zero-order chi connectivity index (χ0) is 24.1. The molecule has 10 heteroatoms. The van der Waals surface area contributed by atoms with Crippen LogP contribution in [0.1, 0.15) is 40.2 Å². The van der Waals surface area contributed by atoms with Crippen molar-refractivity contribution in [2.24, 2.45) is 0 Å². The fourth-order valence-electron chi connectivity index (χ4n) is 2.86.